The fourth-order valence-electron chi connectivity index (χ4n) is 1.83. The number of benzene rings is 1. The van der Waals surface area contributed by atoms with Crippen LogP contribution in [0.2, 0.25) is 0 Å². The van der Waals surface area contributed by atoms with Crippen LogP contribution in [0, 0.1) is 0 Å². The quantitative estimate of drug-likeness (QED) is 0.873. The average Bonchev–Trinajstić information content (AvgIpc) is 2.34. The van der Waals surface area contributed by atoms with Gasteiger partial charge < -0.3 is 15.2 Å². The molecule has 0 aliphatic carbocycles. The Morgan fingerprint density at radius 1 is 1.38 bits per heavy atom. The SMILES string of the molecule is COc1cc(NC(=O)OC(C)(C)C)ccc1CCC(C)N. The molecule has 0 aliphatic rings. The van der Waals surface area contributed by atoms with Crippen molar-refractivity contribution in [3.05, 3.63) is 23.8 Å². The van der Waals surface area contributed by atoms with Crippen LogP contribution in [-0.2, 0) is 11.2 Å². The predicted molar refractivity (Wildman–Crippen MR) is 84.8 cm³/mol. The van der Waals surface area contributed by atoms with Gasteiger partial charge in [-0.05, 0) is 52.2 Å². The Labute approximate surface area is 126 Å². The van der Waals surface area contributed by atoms with Gasteiger partial charge in [0.05, 0.1) is 7.11 Å². The summed E-state index contributed by atoms with van der Waals surface area (Å²) in [6.07, 6.45) is 1.25. The molecule has 1 rings (SSSR count). The van der Waals surface area contributed by atoms with Crippen LogP contribution < -0.4 is 15.8 Å². The Balaban J connectivity index is 2.75. The number of hydrogen-bond acceptors (Lipinski definition) is 4. The van der Waals surface area contributed by atoms with E-state index in [1.165, 1.54) is 0 Å². The van der Waals surface area contributed by atoms with Gasteiger partial charge in [0.1, 0.15) is 11.4 Å². The molecule has 0 heterocycles. The molecule has 0 fully saturated rings. The number of anilines is 1. The Kier molecular flexibility index (Phi) is 6.03. The fourth-order valence-corrected chi connectivity index (χ4v) is 1.83. The van der Waals surface area contributed by atoms with Crippen molar-refractivity contribution in [2.75, 3.05) is 12.4 Å². The molecule has 3 N–H and O–H groups in total. The van der Waals surface area contributed by atoms with E-state index < -0.39 is 11.7 Å². The summed E-state index contributed by atoms with van der Waals surface area (Å²) in [5.41, 5.74) is 6.97. The van der Waals surface area contributed by atoms with Crippen LogP contribution >= 0.6 is 0 Å². The van der Waals surface area contributed by atoms with Crippen molar-refractivity contribution in [3.63, 3.8) is 0 Å². The maximum Gasteiger partial charge on any atom is 0.412 e. The molecule has 5 nitrogen and oxygen atoms in total. The van der Waals surface area contributed by atoms with Crippen molar-refractivity contribution < 1.29 is 14.3 Å². The molecule has 0 spiro atoms. The van der Waals surface area contributed by atoms with Gasteiger partial charge in [-0.2, -0.15) is 0 Å². The summed E-state index contributed by atoms with van der Waals surface area (Å²) >= 11 is 0. The highest BCUT2D eigenvalue weighted by atomic mass is 16.6. The summed E-state index contributed by atoms with van der Waals surface area (Å²) in [5, 5.41) is 2.70. The maximum absolute atomic E-state index is 11.7. The standard InChI is InChI=1S/C16H26N2O3/c1-11(17)6-7-12-8-9-13(10-14(12)20-5)18-15(19)21-16(2,3)4/h8-11H,6-7,17H2,1-5H3,(H,18,19). The van der Waals surface area contributed by atoms with Gasteiger partial charge in [-0.1, -0.05) is 6.07 Å². The van der Waals surface area contributed by atoms with E-state index in [1.807, 2.05) is 39.8 Å². The molecule has 0 aliphatic heterocycles. The van der Waals surface area contributed by atoms with Crippen molar-refractivity contribution >= 4 is 11.8 Å². The van der Waals surface area contributed by atoms with Gasteiger partial charge in [-0.25, -0.2) is 4.79 Å². The van der Waals surface area contributed by atoms with Crippen LogP contribution in [-0.4, -0.2) is 24.8 Å². The minimum absolute atomic E-state index is 0.147. The first-order valence-electron chi connectivity index (χ1n) is 7.14. The van der Waals surface area contributed by atoms with Crippen LogP contribution in [0.5, 0.6) is 5.75 Å². The Morgan fingerprint density at radius 3 is 2.57 bits per heavy atom. The lowest BCUT2D eigenvalue weighted by Crippen LogP contribution is -2.27. The number of aryl methyl sites for hydroxylation is 1. The predicted octanol–water partition coefficient (Wildman–Crippen LogP) is 3.32. The van der Waals surface area contributed by atoms with Crippen LogP contribution in [0.4, 0.5) is 10.5 Å². The number of carbonyl (C=O) groups is 1. The number of methoxy groups -OCH3 is 1. The molecule has 1 aromatic rings. The first-order chi connectivity index (χ1) is 9.71. The van der Waals surface area contributed by atoms with Gasteiger partial charge in [-0.15, -0.1) is 0 Å². The highest BCUT2D eigenvalue weighted by Gasteiger charge is 2.16. The molecular weight excluding hydrogens is 268 g/mol. The van der Waals surface area contributed by atoms with Crippen molar-refractivity contribution in [3.8, 4) is 5.75 Å². The number of rotatable bonds is 5. The molecule has 0 saturated carbocycles. The Bertz CT molecular complexity index is 479. The third kappa shape index (κ3) is 6.49. The second-order valence-corrected chi connectivity index (χ2v) is 6.17. The molecule has 0 aromatic heterocycles. The van der Waals surface area contributed by atoms with E-state index in [-0.39, 0.29) is 6.04 Å². The molecule has 5 heteroatoms. The summed E-state index contributed by atoms with van der Waals surface area (Å²) in [6.45, 7) is 7.45. The average molecular weight is 294 g/mol. The molecule has 0 saturated heterocycles. The molecular formula is C16H26N2O3. The van der Waals surface area contributed by atoms with E-state index in [9.17, 15) is 4.79 Å². The van der Waals surface area contributed by atoms with E-state index in [4.69, 9.17) is 15.2 Å². The molecule has 0 radical (unpaired) electrons. The molecule has 1 atom stereocenters. The normalized spacial score (nSPS) is 12.7. The summed E-state index contributed by atoms with van der Waals surface area (Å²) < 4.78 is 10.6. The van der Waals surface area contributed by atoms with Gasteiger partial charge >= 0.3 is 6.09 Å². The van der Waals surface area contributed by atoms with Crippen molar-refractivity contribution in [2.24, 2.45) is 5.73 Å². The smallest absolute Gasteiger partial charge is 0.412 e. The zero-order valence-electron chi connectivity index (χ0n) is 13.5. The number of nitrogens with one attached hydrogen (secondary N) is 1. The van der Waals surface area contributed by atoms with Crippen LogP contribution in [0.1, 0.15) is 39.7 Å². The van der Waals surface area contributed by atoms with Gasteiger partial charge in [0.25, 0.3) is 0 Å². The van der Waals surface area contributed by atoms with Crippen molar-refractivity contribution in [1.29, 1.82) is 0 Å². The minimum atomic E-state index is -0.522. The molecule has 0 bridgehead atoms. The largest absolute Gasteiger partial charge is 0.496 e. The highest BCUT2D eigenvalue weighted by Crippen LogP contribution is 2.25. The van der Waals surface area contributed by atoms with E-state index in [1.54, 1.807) is 13.2 Å². The number of nitrogens with two attached hydrogens (primary N) is 1. The van der Waals surface area contributed by atoms with Crippen molar-refractivity contribution in [1.82, 2.24) is 0 Å². The maximum atomic E-state index is 11.7. The second kappa shape index (κ2) is 7.31. The lowest BCUT2D eigenvalue weighted by Gasteiger charge is -2.20. The highest BCUT2D eigenvalue weighted by molar-refractivity contribution is 5.85. The molecule has 1 unspecified atom stereocenters. The van der Waals surface area contributed by atoms with Gasteiger partial charge in [0.15, 0.2) is 0 Å². The van der Waals surface area contributed by atoms with Gasteiger partial charge in [-0.3, -0.25) is 5.32 Å². The Morgan fingerprint density at radius 2 is 2.05 bits per heavy atom. The second-order valence-electron chi connectivity index (χ2n) is 6.17. The first kappa shape index (κ1) is 17.3. The van der Waals surface area contributed by atoms with Crippen molar-refractivity contribution in [2.45, 2.75) is 52.2 Å². The lowest BCUT2D eigenvalue weighted by atomic mass is 10.0. The Hall–Kier alpha value is -1.75. The summed E-state index contributed by atoms with van der Waals surface area (Å²) in [7, 11) is 1.61. The molecule has 118 valence electrons. The summed E-state index contributed by atoms with van der Waals surface area (Å²) in [4.78, 5) is 11.7. The zero-order valence-corrected chi connectivity index (χ0v) is 13.5. The number of carbonyl (C=O) groups excluding carboxylic acids is 1. The minimum Gasteiger partial charge on any atom is -0.496 e. The van der Waals surface area contributed by atoms with Gasteiger partial charge in [0.2, 0.25) is 0 Å². The van der Waals surface area contributed by atoms with Crippen LogP contribution in [0.25, 0.3) is 0 Å². The third-order valence-electron chi connectivity index (χ3n) is 2.80. The van der Waals surface area contributed by atoms with Gasteiger partial charge in [0, 0.05) is 17.8 Å². The van der Waals surface area contributed by atoms with E-state index in [0.717, 1.165) is 24.2 Å². The van der Waals surface area contributed by atoms with Crippen LogP contribution in [0.3, 0.4) is 0 Å². The van der Waals surface area contributed by atoms with E-state index in [0.29, 0.717) is 5.69 Å². The fraction of sp³-hybridized carbons (Fsp3) is 0.562. The summed E-state index contributed by atoms with van der Waals surface area (Å²) in [5.74, 6) is 0.740. The van der Waals surface area contributed by atoms with E-state index in [2.05, 4.69) is 5.32 Å². The first-order valence-corrected chi connectivity index (χ1v) is 7.14. The molecule has 1 amide bonds. The molecule has 21 heavy (non-hydrogen) atoms. The number of ether oxygens (including phenoxy) is 2. The van der Waals surface area contributed by atoms with Crippen LogP contribution in [0.15, 0.2) is 18.2 Å². The topological polar surface area (TPSA) is 73.6 Å². The third-order valence-corrected chi connectivity index (χ3v) is 2.80. The zero-order chi connectivity index (χ0) is 16.0. The monoisotopic (exact) mass is 294 g/mol. The summed E-state index contributed by atoms with van der Waals surface area (Å²) in [6, 6.07) is 5.71. The molecule has 1 aromatic carbocycles. The number of amides is 1. The number of hydrogen-bond donors (Lipinski definition) is 2. The lowest BCUT2D eigenvalue weighted by molar-refractivity contribution is 0.0636. The van der Waals surface area contributed by atoms with E-state index >= 15 is 0 Å².